The molecule has 0 saturated heterocycles. The van der Waals surface area contributed by atoms with Crippen LogP contribution in [0.4, 0.5) is 11.5 Å². The minimum atomic E-state index is 0. The van der Waals surface area contributed by atoms with E-state index in [-0.39, 0.29) is 37.2 Å². The first-order valence-corrected chi connectivity index (χ1v) is 10.5. The third kappa shape index (κ3) is 7.65. The summed E-state index contributed by atoms with van der Waals surface area (Å²) < 4.78 is 2.16. The van der Waals surface area contributed by atoms with Crippen LogP contribution in [-0.2, 0) is 6.54 Å². The minimum absolute atomic E-state index is 0. The van der Waals surface area contributed by atoms with Gasteiger partial charge < -0.3 is 21.3 Å². The lowest BCUT2D eigenvalue weighted by molar-refractivity contribution is 0.292. The number of nitrogens with two attached hydrogens (primary N) is 2. The maximum absolute atomic E-state index is 6.10. The molecule has 1 heterocycles. The van der Waals surface area contributed by atoms with Crippen LogP contribution in [0.5, 0.6) is 0 Å². The Kier molecular flexibility index (Phi) is 16.5. The van der Waals surface area contributed by atoms with Crippen molar-refractivity contribution in [3.63, 3.8) is 0 Å². The molecule has 1 unspecified atom stereocenters. The van der Waals surface area contributed by atoms with Crippen molar-refractivity contribution < 1.29 is 0 Å². The zero-order valence-corrected chi connectivity index (χ0v) is 21.3. The number of anilines is 2. The average Bonchev–Trinajstić information content (AvgIpc) is 3.02. The Bertz CT molecular complexity index is 705. The van der Waals surface area contributed by atoms with Crippen molar-refractivity contribution in [2.75, 3.05) is 43.4 Å². The molecular weight excluding hydrogens is 443 g/mol. The van der Waals surface area contributed by atoms with Gasteiger partial charge in [0, 0.05) is 30.2 Å². The molecule has 6 nitrogen and oxygen atoms in total. The van der Waals surface area contributed by atoms with Crippen molar-refractivity contribution in [1.29, 1.82) is 0 Å². The van der Waals surface area contributed by atoms with Gasteiger partial charge in [-0.15, -0.1) is 37.2 Å². The summed E-state index contributed by atoms with van der Waals surface area (Å²) in [4.78, 5) is 4.85. The van der Waals surface area contributed by atoms with Crippen LogP contribution in [0.3, 0.4) is 0 Å². The number of aromatic nitrogens is 2. The number of aryl methyl sites for hydroxylation is 1. The third-order valence-electron chi connectivity index (χ3n) is 5.52. The maximum Gasteiger partial charge on any atom is 0.158 e. The first-order valence-electron chi connectivity index (χ1n) is 10.5. The monoisotopic (exact) mass is 482 g/mol. The predicted molar refractivity (Wildman–Crippen MR) is 139 cm³/mol. The molecule has 0 aliphatic heterocycles. The van der Waals surface area contributed by atoms with Gasteiger partial charge in [0.2, 0.25) is 0 Å². The second kappa shape index (κ2) is 15.8. The molecule has 2 aromatic rings. The van der Waals surface area contributed by atoms with Gasteiger partial charge in [-0.1, -0.05) is 20.8 Å². The second-order valence-electron chi connectivity index (χ2n) is 7.13. The summed E-state index contributed by atoms with van der Waals surface area (Å²) in [5.74, 6) is 1.04. The van der Waals surface area contributed by atoms with Crippen molar-refractivity contribution in [2.24, 2.45) is 5.73 Å². The van der Waals surface area contributed by atoms with Crippen LogP contribution in [-0.4, -0.2) is 53.4 Å². The summed E-state index contributed by atoms with van der Waals surface area (Å²) in [5.41, 5.74) is 13.9. The molecule has 9 heteroatoms. The molecule has 0 fully saturated rings. The fraction of sp³-hybridized carbons (Fsp3) is 0.667. The number of rotatable bonds is 12. The van der Waals surface area contributed by atoms with E-state index in [1.165, 1.54) is 5.52 Å². The van der Waals surface area contributed by atoms with Crippen molar-refractivity contribution in [1.82, 2.24) is 14.7 Å². The number of benzene rings is 1. The molecule has 2 rings (SSSR count). The minimum Gasteiger partial charge on any atom is -0.399 e. The summed E-state index contributed by atoms with van der Waals surface area (Å²) in [6.45, 7) is 14.7. The average molecular weight is 484 g/mol. The van der Waals surface area contributed by atoms with E-state index in [4.69, 9.17) is 16.6 Å². The summed E-state index contributed by atoms with van der Waals surface area (Å²) in [6.07, 6.45) is 3.13. The molecule has 0 aliphatic carbocycles. The molecule has 1 atom stereocenters. The Balaban J connectivity index is 0. The highest BCUT2D eigenvalue weighted by Crippen LogP contribution is 2.30. The number of nitrogen functional groups attached to an aromatic ring is 1. The van der Waals surface area contributed by atoms with Crippen LogP contribution in [0.2, 0.25) is 0 Å². The molecule has 176 valence electrons. The van der Waals surface area contributed by atoms with E-state index in [9.17, 15) is 0 Å². The number of halogens is 3. The van der Waals surface area contributed by atoms with Crippen LogP contribution >= 0.6 is 37.2 Å². The molecule has 30 heavy (non-hydrogen) atoms. The molecule has 4 N–H and O–H groups in total. The first kappa shape index (κ1) is 31.3. The van der Waals surface area contributed by atoms with Gasteiger partial charge in [-0.3, -0.25) is 4.68 Å². The predicted octanol–water partition coefficient (Wildman–Crippen LogP) is 4.57. The van der Waals surface area contributed by atoms with E-state index < -0.39 is 0 Å². The zero-order chi connectivity index (χ0) is 19.8. The summed E-state index contributed by atoms with van der Waals surface area (Å²) in [6, 6.07) is 6.55. The fourth-order valence-corrected chi connectivity index (χ4v) is 3.90. The zero-order valence-electron chi connectivity index (χ0n) is 18.8. The molecule has 0 saturated carbocycles. The van der Waals surface area contributed by atoms with E-state index >= 15 is 0 Å². The van der Waals surface area contributed by atoms with Crippen LogP contribution in [0.25, 0.3) is 10.9 Å². The number of hydrogen-bond acceptors (Lipinski definition) is 5. The van der Waals surface area contributed by atoms with E-state index in [2.05, 4.69) is 54.3 Å². The molecule has 1 aromatic heterocycles. The molecule has 0 spiro atoms. The largest absolute Gasteiger partial charge is 0.399 e. The lowest BCUT2D eigenvalue weighted by Gasteiger charge is -2.30. The Morgan fingerprint density at radius 2 is 1.70 bits per heavy atom. The third-order valence-corrected chi connectivity index (χ3v) is 5.52. The van der Waals surface area contributed by atoms with E-state index in [1.807, 2.05) is 6.07 Å². The van der Waals surface area contributed by atoms with Gasteiger partial charge in [0.1, 0.15) is 0 Å². The van der Waals surface area contributed by atoms with E-state index in [0.29, 0.717) is 12.6 Å². The second-order valence-corrected chi connectivity index (χ2v) is 7.13. The van der Waals surface area contributed by atoms with Crippen LogP contribution in [0.1, 0.15) is 47.0 Å². The fourth-order valence-electron chi connectivity index (χ4n) is 3.90. The Morgan fingerprint density at radius 3 is 2.23 bits per heavy atom. The lowest BCUT2D eigenvalue weighted by Crippen LogP contribution is -2.36. The van der Waals surface area contributed by atoms with Crippen molar-refractivity contribution in [2.45, 2.75) is 59.5 Å². The molecular formula is C21H41Cl3N6. The summed E-state index contributed by atoms with van der Waals surface area (Å²) in [7, 11) is 0. The van der Waals surface area contributed by atoms with Crippen molar-refractivity contribution in [3.8, 4) is 0 Å². The Labute approximate surface area is 200 Å². The topological polar surface area (TPSA) is 76.3 Å². The van der Waals surface area contributed by atoms with Crippen molar-refractivity contribution in [3.05, 3.63) is 18.2 Å². The van der Waals surface area contributed by atoms with Gasteiger partial charge in [0.25, 0.3) is 0 Å². The number of nitrogens with zero attached hydrogens (tertiary/aromatic N) is 4. The number of fused-ring (bicyclic) bond motifs is 1. The normalized spacial score (nSPS) is 11.5. The van der Waals surface area contributed by atoms with E-state index in [1.54, 1.807) is 0 Å². The van der Waals surface area contributed by atoms with Gasteiger partial charge >= 0.3 is 0 Å². The quantitative estimate of drug-likeness (QED) is 0.432. The van der Waals surface area contributed by atoms with Gasteiger partial charge in [-0.25, -0.2) is 0 Å². The maximum atomic E-state index is 6.10. The van der Waals surface area contributed by atoms with Crippen molar-refractivity contribution >= 4 is 59.6 Å². The summed E-state index contributed by atoms with van der Waals surface area (Å²) >= 11 is 0. The number of hydrogen-bond donors (Lipinski definition) is 2. The van der Waals surface area contributed by atoms with Crippen LogP contribution < -0.4 is 16.4 Å². The highest BCUT2D eigenvalue weighted by molar-refractivity contribution is 5.93. The van der Waals surface area contributed by atoms with Crippen LogP contribution in [0.15, 0.2) is 18.2 Å². The van der Waals surface area contributed by atoms with Gasteiger partial charge in [-0.05, 0) is 70.6 Å². The molecule has 0 radical (unpaired) electrons. The van der Waals surface area contributed by atoms with Gasteiger partial charge in [0.05, 0.1) is 5.52 Å². The standard InChI is InChI=1S/C21H38N6.3ClH/c1-5-18(12-13-22)26(8-4)21-19-16-17(23)10-11-20(19)27(24-21)15-9-14-25(6-2)7-3;;;/h10-11,16,18H,5-9,12-15,22-23H2,1-4H3;3*1H. The SMILES string of the molecule is CCC(CCN)N(CC)c1nn(CCCN(CC)CC)c2ccc(N)cc12.Cl.Cl.Cl. The highest BCUT2D eigenvalue weighted by atomic mass is 35.5. The first-order chi connectivity index (χ1) is 13.1. The molecule has 0 bridgehead atoms. The molecule has 0 aliphatic rings. The summed E-state index contributed by atoms with van der Waals surface area (Å²) in [5, 5.41) is 6.18. The Hall–Kier alpha value is -0.920. The Morgan fingerprint density at radius 1 is 1.03 bits per heavy atom. The highest BCUT2D eigenvalue weighted by Gasteiger charge is 2.21. The van der Waals surface area contributed by atoms with Gasteiger partial charge in [0.15, 0.2) is 5.82 Å². The lowest BCUT2D eigenvalue weighted by atomic mass is 10.1. The van der Waals surface area contributed by atoms with Crippen LogP contribution in [0, 0.1) is 0 Å². The molecule has 0 amide bonds. The molecule has 1 aromatic carbocycles. The van der Waals surface area contributed by atoms with Gasteiger partial charge in [-0.2, -0.15) is 5.10 Å². The smallest absolute Gasteiger partial charge is 0.158 e. The van der Waals surface area contributed by atoms with E-state index in [0.717, 1.165) is 68.9 Å².